The van der Waals surface area contributed by atoms with E-state index in [-0.39, 0.29) is 43.0 Å². The number of alkyl halides is 3. The van der Waals surface area contributed by atoms with Crippen LogP contribution >= 0.6 is 0 Å². The number of hydrogen-bond acceptors (Lipinski definition) is 7. The van der Waals surface area contributed by atoms with Crippen LogP contribution in [0.1, 0.15) is 48.2 Å². The molecule has 210 valence electrons. The molecule has 9 nitrogen and oxygen atoms in total. The SMILES string of the molecule is CCc1c(Cc2ncc(-c3ccc(CC(=O)Nc4cc(C5(C(F)(F)F)CC5)on4)c(F)c3)cn2)cnn1CCO. The summed E-state index contributed by atoms with van der Waals surface area (Å²) in [6.07, 6.45) is 1.11. The number of nitrogens with zero attached hydrogens (tertiary/aromatic N) is 5. The van der Waals surface area contributed by atoms with Crippen molar-refractivity contribution in [3.8, 4) is 11.1 Å². The van der Waals surface area contributed by atoms with Crippen LogP contribution in [0.15, 0.2) is 47.4 Å². The molecular weight excluding hydrogens is 532 g/mol. The third-order valence-corrected chi connectivity index (χ3v) is 7.02. The van der Waals surface area contributed by atoms with Crippen LogP contribution in [0.25, 0.3) is 11.1 Å². The maximum absolute atomic E-state index is 14.8. The van der Waals surface area contributed by atoms with Crippen LogP contribution in [0, 0.1) is 5.82 Å². The van der Waals surface area contributed by atoms with Crippen LogP contribution in [-0.2, 0) is 36.0 Å². The molecule has 0 atom stereocenters. The summed E-state index contributed by atoms with van der Waals surface area (Å²) >= 11 is 0. The van der Waals surface area contributed by atoms with E-state index in [4.69, 9.17) is 4.52 Å². The Hall–Kier alpha value is -4.13. The Morgan fingerprint density at radius 2 is 1.88 bits per heavy atom. The van der Waals surface area contributed by atoms with Crippen molar-refractivity contribution < 1.29 is 32.0 Å². The Morgan fingerprint density at radius 3 is 2.50 bits per heavy atom. The molecule has 13 heteroatoms. The van der Waals surface area contributed by atoms with Crippen molar-refractivity contribution in [2.45, 2.75) is 57.2 Å². The molecule has 2 N–H and O–H groups in total. The first-order valence-corrected chi connectivity index (χ1v) is 12.7. The molecule has 1 aromatic carbocycles. The molecular formula is C27H26F4N6O3. The number of rotatable bonds is 10. The lowest BCUT2D eigenvalue weighted by Gasteiger charge is -2.14. The number of nitrogens with one attached hydrogen (secondary N) is 1. The van der Waals surface area contributed by atoms with Gasteiger partial charge in [0.25, 0.3) is 0 Å². The number of aliphatic hydroxyl groups excluding tert-OH is 1. The van der Waals surface area contributed by atoms with Crippen molar-refractivity contribution in [1.29, 1.82) is 0 Å². The normalized spacial score (nSPS) is 14.3. The Bertz CT molecular complexity index is 1510. The zero-order chi connectivity index (χ0) is 28.5. The van der Waals surface area contributed by atoms with Gasteiger partial charge in [0.2, 0.25) is 5.91 Å². The van der Waals surface area contributed by atoms with Crippen molar-refractivity contribution in [2.24, 2.45) is 0 Å². The van der Waals surface area contributed by atoms with E-state index in [2.05, 4.69) is 25.5 Å². The lowest BCUT2D eigenvalue weighted by Crippen LogP contribution is -2.28. The highest BCUT2D eigenvalue weighted by Gasteiger charge is 2.66. The summed E-state index contributed by atoms with van der Waals surface area (Å²) in [7, 11) is 0. The van der Waals surface area contributed by atoms with Crippen molar-refractivity contribution in [3.05, 3.63) is 77.1 Å². The maximum Gasteiger partial charge on any atom is 0.401 e. The van der Waals surface area contributed by atoms with Gasteiger partial charge in [0.15, 0.2) is 11.6 Å². The number of carbonyl (C=O) groups is 1. The van der Waals surface area contributed by atoms with Crippen molar-refractivity contribution in [3.63, 3.8) is 0 Å². The topological polar surface area (TPSA) is 119 Å². The molecule has 3 aromatic heterocycles. The van der Waals surface area contributed by atoms with E-state index >= 15 is 0 Å². The second-order valence-corrected chi connectivity index (χ2v) is 9.67. The number of anilines is 1. The number of aliphatic hydroxyl groups is 1. The zero-order valence-corrected chi connectivity index (χ0v) is 21.5. The Labute approximate surface area is 226 Å². The van der Waals surface area contributed by atoms with Gasteiger partial charge in [0.05, 0.1) is 25.8 Å². The van der Waals surface area contributed by atoms with E-state index in [9.17, 15) is 27.5 Å². The summed E-state index contributed by atoms with van der Waals surface area (Å²) in [6.45, 7) is 2.41. The van der Waals surface area contributed by atoms with Gasteiger partial charge in [-0.3, -0.25) is 9.48 Å². The quantitative estimate of drug-likeness (QED) is 0.277. The smallest absolute Gasteiger partial charge is 0.394 e. The van der Waals surface area contributed by atoms with Crippen LogP contribution in [0.4, 0.5) is 23.4 Å². The van der Waals surface area contributed by atoms with Crippen LogP contribution in [-0.4, -0.2) is 48.7 Å². The molecule has 0 radical (unpaired) electrons. The summed E-state index contributed by atoms with van der Waals surface area (Å²) in [5.41, 5.74) is 1.12. The van der Waals surface area contributed by atoms with Gasteiger partial charge in [0.1, 0.15) is 17.1 Å². The predicted octanol–water partition coefficient (Wildman–Crippen LogP) is 4.39. The Morgan fingerprint density at radius 1 is 1.12 bits per heavy atom. The number of halogens is 4. The number of aromatic nitrogens is 5. The molecule has 0 saturated heterocycles. The minimum absolute atomic E-state index is 0.00624. The molecule has 0 bridgehead atoms. The van der Waals surface area contributed by atoms with Crippen LogP contribution in [0.2, 0.25) is 0 Å². The van der Waals surface area contributed by atoms with Gasteiger partial charge >= 0.3 is 6.18 Å². The monoisotopic (exact) mass is 558 g/mol. The average molecular weight is 559 g/mol. The molecule has 1 aliphatic rings. The Kier molecular flexibility index (Phi) is 7.41. The van der Waals surface area contributed by atoms with Gasteiger partial charge < -0.3 is 14.9 Å². The first-order valence-electron chi connectivity index (χ1n) is 12.7. The first kappa shape index (κ1) is 27.4. The molecule has 0 spiro atoms. The number of amides is 1. The molecule has 1 fully saturated rings. The molecule has 0 unspecified atom stereocenters. The summed E-state index contributed by atoms with van der Waals surface area (Å²) < 4.78 is 61.2. The number of benzene rings is 1. The van der Waals surface area contributed by atoms with Crippen LogP contribution in [0.3, 0.4) is 0 Å². The van der Waals surface area contributed by atoms with Crippen LogP contribution in [0.5, 0.6) is 0 Å². The van der Waals surface area contributed by atoms with Crippen molar-refractivity contribution in [1.82, 2.24) is 24.9 Å². The minimum Gasteiger partial charge on any atom is -0.394 e. The molecule has 1 aliphatic carbocycles. The van der Waals surface area contributed by atoms with Gasteiger partial charge in [-0.2, -0.15) is 18.3 Å². The minimum atomic E-state index is -4.46. The van der Waals surface area contributed by atoms with Crippen molar-refractivity contribution in [2.75, 3.05) is 11.9 Å². The van der Waals surface area contributed by atoms with Gasteiger partial charge in [0, 0.05) is 41.7 Å². The highest BCUT2D eigenvalue weighted by atomic mass is 19.4. The summed E-state index contributed by atoms with van der Waals surface area (Å²) in [4.78, 5) is 21.2. The van der Waals surface area contributed by atoms with E-state index in [1.807, 2.05) is 6.92 Å². The summed E-state index contributed by atoms with van der Waals surface area (Å²) in [5.74, 6) is -1.21. The lowest BCUT2D eigenvalue weighted by molar-refractivity contribution is -0.165. The summed E-state index contributed by atoms with van der Waals surface area (Å²) in [5, 5.41) is 19.4. The largest absolute Gasteiger partial charge is 0.401 e. The molecule has 1 saturated carbocycles. The highest BCUT2D eigenvalue weighted by molar-refractivity contribution is 5.91. The van der Waals surface area contributed by atoms with E-state index in [1.165, 1.54) is 12.1 Å². The van der Waals surface area contributed by atoms with E-state index < -0.39 is 23.3 Å². The van der Waals surface area contributed by atoms with Crippen molar-refractivity contribution >= 4 is 11.7 Å². The fourth-order valence-corrected chi connectivity index (χ4v) is 4.64. The third-order valence-electron chi connectivity index (χ3n) is 7.02. The maximum atomic E-state index is 14.8. The standard InChI is InChI=1S/C27H26F4N6O3/c1-2-21-18(15-34-37(21)7-8-38)10-23-32-13-19(14-33-23)16-3-4-17(20(28)9-16)11-25(39)35-24-12-22(40-36-24)26(5-6-26)27(29,30)31/h3-4,9,12-15,38H,2,5-8,10-11H2,1H3,(H,35,36,39). The second kappa shape index (κ2) is 10.8. The summed E-state index contributed by atoms with van der Waals surface area (Å²) in [6, 6.07) is 5.42. The predicted molar refractivity (Wildman–Crippen MR) is 135 cm³/mol. The molecule has 5 rings (SSSR count). The molecule has 4 aromatic rings. The zero-order valence-electron chi connectivity index (χ0n) is 21.5. The third kappa shape index (κ3) is 5.46. The molecule has 0 aliphatic heterocycles. The molecule has 1 amide bonds. The number of hydrogen-bond donors (Lipinski definition) is 2. The van der Waals surface area contributed by atoms with Crippen LogP contribution < -0.4 is 5.32 Å². The lowest BCUT2D eigenvalue weighted by atomic mass is 10.0. The van der Waals surface area contributed by atoms with E-state index in [0.29, 0.717) is 29.9 Å². The van der Waals surface area contributed by atoms with Gasteiger partial charge in [-0.25, -0.2) is 14.4 Å². The van der Waals surface area contributed by atoms with Gasteiger partial charge in [-0.05, 0) is 36.5 Å². The van der Waals surface area contributed by atoms with Gasteiger partial charge in [-0.15, -0.1) is 0 Å². The fraction of sp³-hybridized carbons (Fsp3) is 0.370. The molecule has 3 heterocycles. The second-order valence-electron chi connectivity index (χ2n) is 9.67. The first-order chi connectivity index (χ1) is 19.1. The average Bonchev–Trinajstić information content (AvgIpc) is 3.48. The van der Waals surface area contributed by atoms with E-state index in [1.54, 1.807) is 29.3 Å². The fourth-order valence-electron chi connectivity index (χ4n) is 4.64. The number of carbonyl (C=O) groups excluding carboxylic acids is 1. The van der Waals surface area contributed by atoms with E-state index in [0.717, 1.165) is 23.7 Å². The Balaban J connectivity index is 1.21. The highest BCUT2D eigenvalue weighted by Crippen LogP contribution is 2.59. The van der Waals surface area contributed by atoms with Gasteiger partial charge in [-0.1, -0.05) is 24.2 Å². The molecule has 40 heavy (non-hydrogen) atoms.